The van der Waals surface area contributed by atoms with E-state index >= 15 is 0 Å². The molecular weight excluding hydrogens is 416 g/mol. The van der Waals surface area contributed by atoms with E-state index in [4.69, 9.17) is 11.6 Å². The zero-order valence-corrected chi connectivity index (χ0v) is 14.1. The van der Waals surface area contributed by atoms with Crippen LogP contribution in [-0.4, -0.2) is 30.5 Å². The fourth-order valence-electron chi connectivity index (χ4n) is 2.04. The maximum Gasteiger partial charge on any atom is 0.461 e. The summed E-state index contributed by atoms with van der Waals surface area (Å²) in [6.07, 6.45) is -12.4. The van der Waals surface area contributed by atoms with Crippen molar-refractivity contribution in [2.75, 3.05) is 6.61 Å². The van der Waals surface area contributed by atoms with Gasteiger partial charge in [-0.15, -0.1) is 0 Å². The topological polar surface area (TPSA) is 43.4 Å². The van der Waals surface area contributed by atoms with E-state index in [0.29, 0.717) is 12.1 Å². The molecule has 0 aliphatic rings. The van der Waals surface area contributed by atoms with Gasteiger partial charge in [0.1, 0.15) is 5.92 Å². The molecule has 0 N–H and O–H groups in total. The second kappa shape index (κ2) is 7.99. The third-order valence-corrected chi connectivity index (χ3v) is 3.66. The normalized spacial score (nSPS) is 14.0. The molecule has 152 valence electrons. The van der Waals surface area contributed by atoms with Gasteiger partial charge in [-0.25, -0.2) is 0 Å². The lowest BCUT2D eigenvalue weighted by Gasteiger charge is -2.23. The van der Waals surface area contributed by atoms with Gasteiger partial charge in [0.2, 0.25) is 5.78 Å². The Morgan fingerprint density at radius 1 is 1.07 bits per heavy atom. The second-order valence-electron chi connectivity index (χ2n) is 5.26. The number of carbonyl (C=O) groups is 2. The summed E-state index contributed by atoms with van der Waals surface area (Å²) >= 11 is 5.38. The minimum absolute atomic E-state index is 0.355. The molecule has 27 heavy (non-hydrogen) atoms. The van der Waals surface area contributed by atoms with Crippen LogP contribution in [0, 0.1) is 5.92 Å². The first-order valence-electron chi connectivity index (χ1n) is 7.14. The highest BCUT2D eigenvalue weighted by Crippen LogP contribution is 2.39. The number of alkyl halides is 8. The summed E-state index contributed by atoms with van der Waals surface area (Å²) in [7, 11) is 0. The second-order valence-corrected chi connectivity index (χ2v) is 5.66. The molecule has 1 aromatic rings. The van der Waals surface area contributed by atoms with Gasteiger partial charge in [-0.1, -0.05) is 17.7 Å². The summed E-state index contributed by atoms with van der Waals surface area (Å²) < 4.78 is 107. The molecule has 0 heterocycles. The van der Waals surface area contributed by atoms with Gasteiger partial charge in [0.05, 0.1) is 17.2 Å². The molecule has 12 heteroatoms. The summed E-state index contributed by atoms with van der Waals surface area (Å²) in [6, 6.07) is 1.94. The highest BCUT2D eigenvalue weighted by molar-refractivity contribution is 6.31. The highest BCUT2D eigenvalue weighted by atomic mass is 35.5. The van der Waals surface area contributed by atoms with E-state index in [0.717, 1.165) is 6.07 Å². The predicted molar refractivity (Wildman–Crippen MR) is 76.3 cm³/mol. The first kappa shape index (κ1) is 23.1. The summed E-state index contributed by atoms with van der Waals surface area (Å²) in [6.45, 7) is 0.750. The minimum Gasteiger partial charge on any atom is -0.465 e. The molecule has 0 aromatic heterocycles. The smallest absolute Gasteiger partial charge is 0.461 e. The van der Waals surface area contributed by atoms with Gasteiger partial charge in [0.25, 0.3) is 0 Å². The van der Waals surface area contributed by atoms with E-state index in [-0.39, 0.29) is 0 Å². The number of hydrogen-bond donors (Lipinski definition) is 0. The Bertz CT molecular complexity index is 712. The van der Waals surface area contributed by atoms with Crippen LogP contribution in [0.4, 0.5) is 35.1 Å². The van der Waals surface area contributed by atoms with E-state index in [1.807, 2.05) is 0 Å². The van der Waals surface area contributed by atoms with Crippen molar-refractivity contribution in [2.24, 2.45) is 5.92 Å². The van der Waals surface area contributed by atoms with Gasteiger partial charge >= 0.3 is 24.2 Å². The lowest BCUT2D eigenvalue weighted by molar-refractivity contribution is -0.270. The monoisotopic (exact) mass is 426 g/mol. The van der Waals surface area contributed by atoms with E-state index < -0.39 is 65.1 Å². The third-order valence-electron chi connectivity index (χ3n) is 3.33. The van der Waals surface area contributed by atoms with E-state index in [2.05, 4.69) is 4.74 Å². The molecule has 0 spiro atoms. The van der Waals surface area contributed by atoms with E-state index in [1.54, 1.807) is 0 Å². The van der Waals surface area contributed by atoms with Crippen molar-refractivity contribution < 1.29 is 49.4 Å². The van der Waals surface area contributed by atoms with E-state index in [1.165, 1.54) is 6.92 Å². The molecule has 1 rings (SSSR count). The van der Waals surface area contributed by atoms with Crippen molar-refractivity contribution >= 4 is 23.4 Å². The number of rotatable bonds is 6. The first-order chi connectivity index (χ1) is 12.1. The standard InChI is InChI=1S/C15H11ClF8O3/c1-2-27-12(26)8(11(25)13(17,18)15(22,23)24)5-7-3-4-10(16)9(6-7)14(19,20)21/h3-4,6,8H,2,5H2,1H3. The number of hydrogen-bond acceptors (Lipinski definition) is 3. The number of benzene rings is 1. The molecule has 1 unspecified atom stereocenters. The number of ketones is 1. The first-order valence-corrected chi connectivity index (χ1v) is 7.51. The lowest BCUT2D eigenvalue weighted by atomic mass is 9.91. The molecule has 3 nitrogen and oxygen atoms in total. The Kier molecular flexibility index (Phi) is 6.85. The SMILES string of the molecule is CCOC(=O)C(Cc1ccc(Cl)c(C(F)(F)F)c1)C(=O)C(F)(F)C(F)(F)F. The van der Waals surface area contributed by atoms with Crippen LogP contribution in [0.2, 0.25) is 5.02 Å². The van der Waals surface area contributed by atoms with Crippen molar-refractivity contribution in [3.05, 3.63) is 34.3 Å². The van der Waals surface area contributed by atoms with Crippen LogP contribution < -0.4 is 0 Å². The summed E-state index contributed by atoms with van der Waals surface area (Å²) in [5.41, 5.74) is -1.91. The number of ether oxygens (including phenoxy) is 1. The predicted octanol–water partition coefficient (Wildman–Crippen LogP) is 4.85. The molecule has 0 saturated carbocycles. The highest BCUT2D eigenvalue weighted by Gasteiger charge is 2.65. The van der Waals surface area contributed by atoms with Crippen LogP contribution in [-0.2, 0) is 26.9 Å². The van der Waals surface area contributed by atoms with Gasteiger partial charge in [-0.3, -0.25) is 9.59 Å². The van der Waals surface area contributed by atoms with Crippen LogP contribution in [0.5, 0.6) is 0 Å². The van der Waals surface area contributed by atoms with Crippen molar-refractivity contribution in [1.82, 2.24) is 0 Å². The van der Waals surface area contributed by atoms with Gasteiger partial charge < -0.3 is 4.74 Å². The molecule has 1 aromatic carbocycles. The fraction of sp³-hybridized carbons (Fsp3) is 0.467. The van der Waals surface area contributed by atoms with Crippen molar-refractivity contribution in [3.63, 3.8) is 0 Å². The lowest BCUT2D eigenvalue weighted by Crippen LogP contribution is -2.49. The molecule has 0 amide bonds. The summed E-state index contributed by atoms with van der Waals surface area (Å²) in [5.74, 6) is -13.1. The summed E-state index contributed by atoms with van der Waals surface area (Å²) in [5, 5.41) is -0.758. The maximum absolute atomic E-state index is 13.3. The van der Waals surface area contributed by atoms with Crippen LogP contribution in [0.15, 0.2) is 18.2 Å². The van der Waals surface area contributed by atoms with Gasteiger partial charge in [-0.2, -0.15) is 35.1 Å². The van der Waals surface area contributed by atoms with Crippen molar-refractivity contribution in [3.8, 4) is 0 Å². The quantitative estimate of drug-likeness (QED) is 0.371. The molecule has 0 fully saturated rings. The number of Topliss-reactive ketones (excluding diaryl/α,β-unsaturated/α-hetero) is 1. The van der Waals surface area contributed by atoms with Crippen LogP contribution in [0.25, 0.3) is 0 Å². The molecule has 0 radical (unpaired) electrons. The zero-order chi connectivity index (χ0) is 21.2. The number of esters is 1. The number of carbonyl (C=O) groups excluding carboxylic acids is 2. The third kappa shape index (κ3) is 5.30. The molecule has 0 aliphatic carbocycles. The Morgan fingerprint density at radius 3 is 2.07 bits per heavy atom. The zero-order valence-electron chi connectivity index (χ0n) is 13.4. The molecule has 0 saturated heterocycles. The van der Waals surface area contributed by atoms with Crippen molar-refractivity contribution in [1.29, 1.82) is 0 Å². The molecular formula is C15H11ClF8O3. The Hall–Kier alpha value is -1.91. The van der Waals surface area contributed by atoms with Gasteiger partial charge in [0.15, 0.2) is 0 Å². The Morgan fingerprint density at radius 2 is 1.63 bits per heavy atom. The van der Waals surface area contributed by atoms with Crippen LogP contribution in [0.3, 0.4) is 0 Å². The minimum atomic E-state index is -6.29. The van der Waals surface area contributed by atoms with Crippen LogP contribution >= 0.6 is 11.6 Å². The van der Waals surface area contributed by atoms with Crippen LogP contribution in [0.1, 0.15) is 18.1 Å². The maximum atomic E-state index is 13.3. The largest absolute Gasteiger partial charge is 0.465 e. The number of halogens is 9. The molecule has 0 aliphatic heterocycles. The molecule has 0 bridgehead atoms. The molecule has 1 atom stereocenters. The van der Waals surface area contributed by atoms with Crippen molar-refractivity contribution in [2.45, 2.75) is 31.6 Å². The summed E-state index contributed by atoms with van der Waals surface area (Å²) in [4.78, 5) is 23.4. The average molecular weight is 427 g/mol. The van der Waals surface area contributed by atoms with E-state index in [9.17, 15) is 44.7 Å². The Balaban J connectivity index is 3.32. The fourth-order valence-corrected chi connectivity index (χ4v) is 2.26. The van der Waals surface area contributed by atoms with Gasteiger partial charge in [0, 0.05) is 0 Å². The average Bonchev–Trinajstić information content (AvgIpc) is 2.51. The van der Waals surface area contributed by atoms with Gasteiger partial charge in [-0.05, 0) is 31.0 Å². The Labute approximate surface area is 152 Å².